The molecule has 2 heterocycles. The van der Waals surface area contributed by atoms with Gasteiger partial charge >= 0.3 is 0 Å². The first-order valence-electron chi connectivity index (χ1n) is 5.96. The normalized spacial score (nSPS) is 11.1. The molecule has 2 N–H and O–H groups in total. The first-order chi connectivity index (χ1) is 8.99. The lowest BCUT2D eigenvalue weighted by Crippen LogP contribution is -2.34. The Kier molecular flexibility index (Phi) is 4.16. The highest BCUT2D eigenvalue weighted by Crippen LogP contribution is 2.13. The first-order valence-corrected chi connectivity index (χ1v) is 7.25. The van der Waals surface area contributed by atoms with Gasteiger partial charge in [0.25, 0.3) is 5.56 Å². The fraction of sp³-hybridized carbons (Fsp3) is 0.417. The fourth-order valence-electron chi connectivity index (χ4n) is 1.63. The summed E-state index contributed by atoms with van der Waals surface area (Å²) in [5, 5.41) is 4.59. The van der Waals surface area contributed by atoms with Crippen LogP contribution in [0.25, 0.3) is 10.2 Å². The number of nitrogens with one attached hydrogen (secondary N) is 2. The lowest BCUT2D eigenvalue weighted by molar-refractivity contribution is -0.121. The summed E-state index contributed by atoms with van der Waals surface area (Å²) < 4.78 is 2.16. The van der Waals surface area contributed by atoms with Crippen LogP contribution in [0.3, 0.4) is 0 Å². The van der Waals surface area contributed by atoms with Gasteiger partial charge in [0.05, 0.1) is 5.52 Å². The zero-order valence-corrected chi connectivity index (χ0v) is 12.4. The molecule has 0 radical (unpaired) electrons. The number of fused-ring (bicyclic) bond motifs is 1. The number of nitrogens with zero attached hydrogens (tertiary/aromatic N) is 1. The largest absolute Gasteiger partial charge is 0.354 e. The van der Waals surface area contributed by atoms with E-state index in [9.17, 15) is 9.59 Å². The minimum atomic E-state index is -0.214. The van der Waals surface area contributed by atoms with Crippen molar-refractivity contribution in [1.82, 2.24) is 14.9 Å². The molecule has 0 unspecified atom stereocenters. The summed E-state index contributed by atoms with van der Waals surface area (Å²) >= 11 is 6.46. The van der Waals surface area contributed by atoms with Crippen molar-refractivity contribution >= 4 is 39.7 Å². The summed E-state index contributed by atoms with van der Waals surface area (Å²) in [6.45, 7) is 4.56. The SMILES string of the molecule is CC(C)CNC(=O)Cn1c(=S)[nH]c2ccsc2c1=O. The van der Waals surface area contributed by atoms with Crippen LogP contribution in [0.5, 0.6) is 0 Å². The van der Waals surface area contributed by atoms with Crippen LogP contribution in [0.2, 0.25) is 0 Å². The van der Waals surface area contributed by atoms with E-state index in [1.54, 1.807) is 6.07 Å². The highest BCUT2D eigenvalue weighted by molar-refractivity contribution is 7.71. The van der Waals surface area contributed by atoms with Gasteiger partial charge in [-0.05, 0) is 29.6 Å². The minimum absolute atomic E-state index is 0.0469. The predicted octanol–water partition coefficient (Wildman–Crippen LogP) is 1.89. The second-order valence-corrected chi connectivity index (χ2v) is 5.99. The van der Waals surface area contributed by atoms with Crippen LogP contribution >= 0.6 is 23.6 Å². The topological polar surface area (TPSA) is 66.9 Å². The number of aromatic amines is 1. The molecule has 0 atom stereocenters. The van der Waals surface area contributed by atoms with Gasteiger partial charge < -0.3 is 10.3 Å². The summed E-state index contributed by atoms with van der Waals surface area (Å²) in [5.41, 5.74) is 0.507. The molecule has 0 aliphatic heterocycles. The smallest absolute Gasteiger partial charge is 0.272 e. The van der Waals surface area contributed by atoms with Gasteiger partial charge in [-0.15, -0.1) is 11.3 Å². The fourth-order valence-corrected chi connectivity index (χ4v) is 2.69. The standard InChI is InChI=1S/C12H15N3O2S2/c1-7(2)5-13-9(16)6-15-11(17)10-8(3-4-19-10)14-12(15)18/h3-4,7H,5-6H2,1-2H3,(H,13,16)(H,14,18). The number of hydrogen-bond donors (Lipinski definition) is 2. The van der Waals surface area contributed by atoms with Crippen molar-refractivity contribution in [2.45, 2.75) is 20.4 Å². The number of carbonyl (C=O) groups is 1. The number of H-pyrrole nitrogens is 1. The molecule has 0 saturated heterocycles. The summed E-state index contributed by atoms with van der Waals surface area (Å²) in [4.78, 5) is 26.9. The summed E-state index contributed by atoms with van der Waals surface area (Å²) in [5.74, 6) is 0.168. The van der Waals surface area contributed by atoms with Crippen molar-refractivity contribution in [3.8, 4) is 0 Å². The van der Waals surface area contributed by atoms with Crippen LogP contribution in [0.15, 0.2) is 16.2 Å². The Morgan fingerprint density at radius 2 is 2.32 bits per heavy atom. The van der Waals surface area contributed by atoms with E-state index in [0.29, 0.717) is 17.2 Å². The molecule has 0 fully saturated rings. The zero-order valence-electron chi connectivity index (χ0n) is 10.7. The second-order valence-electron chi connectivity index (χ2n) is 4.68. The third-order valence-electron chi connectivity index (χ3n) is 2.60. The maximum Gasteiger partial charge on any atom is 0.272 e. The second kappa shape index (κ2) is 5.66. The van der Waals surface area contributed by atoms with Gasteiger partial charge in [-0.3, -0.25) is 14.2 Å². The number of thiophene rings is 1. The molecule has 0 aliphatic carbocycles. The Labute approximate surface area is 119 Å². The van der Waals surface area contributed by atoms with Crippen LogP contribution in [0.4, 0.5) is 0 Å². The Morgan fingerprint density at radius 3 is 3.00 bits per heavy atom. The molecule has 0 bridgehead atoms. The number of rotatable bonds is 4. The van der Waals surface area contributed by atoms with Crippen molar-refractivity contribution in [3.63, 3.8) is 0 Å². The predicted molar refractivity (Wildman–Crippen MR) is 79.1 cm³/mol. The van der Waals surface area contributed by atoms with E-state index in [0.717, 1.165) is 5.52 Å². The van der Waals surface area contributed by atoms with Crippen LogP contribution < -0.4 is 10.9 Å². The molecule has 0 spiro atoms. The first kappa shape index (κ1) is 14.0. The molecular formula is C12H15N3O2S2. The van der Waals surface area contributed by atoms with Gasteiger partial charge in [0.1, 0.15) is 11.2 Å². The van der Waals surface area contributed by atoms with Crippen LogP contribution in [-0.4, -0.2) is 22.0 Å². The Hall–Kier alpha value is -1.47. The lowest BCUT2D eigenvalue weighted by Gasteiger charge is -2.09. The average Bonchev–Trinajstić information content (AvgIpc) is 2.80. The maximum atomic E-state index is 12.2. The van der Waals surface area contributed by atoms with E-state index in [1.807, 2.05) is 19.2 Å². The molecule has 0 aliphatic rings. The summed E-state index contributed by atoms with van der Waals surface area (Å²) in [6, 6.07) is 1.81. The van der Waals surface area contributed by atoms with Gasteiger partial charge in [-0.1, -0.05) is 13.8 Å². The monoisotopic (exact) mass is 297 g/mol. The Bertz CT molecular complexity index is 712. The van der Waals surface area contributed by atoms with Crippen molar-refractivity contribution in [1.29, 1.82) is 0 Å². The van der Waals surface area contributed by atoms with E-state index in [1.165, 1.54) is 15.9 Å². The van der Waals surface area contributed by atoms with E-state index in [2.05, 4.69) is 10.3 Å². The van der Waals surface area contributed by atoms with Crippen molar-refractivity contribution < 1.29 is 4.79 Å². The number of carbonyl (C=O) groups excluding carboxylic acids is 1. The van der Waals surface area contributed by atoms with E-state index in [4.69, 9.17) is 12.2 Å². The van der Waals surface area contributed by atoms with E-state index in [-0.39, 0.29) is 22.8 Å². The molecule has 0 aromatic carbocycles. The summed E-state index contributed by atoms with van der Waals surface area (Å²) in [6.07, 6.45) is 0. The van der Waals surface area contributed by atoms with E-state index < -0.39 is 0 Å². The number of amides is 1. The Morgan fingerprint density at radius 1 is 1.58 bits per heavy atom. The molecule has 1 amide bonds. The average molecular weight is 297 g/mol. The van der Waals surface area contributed by atoms with E-state index >= 15 is 0 Å². The van der Waals surface area contributed by atoms with Crippen molar-refractivity contribution in [2.24, 2.45) is 5.92 Å². The van der Waals surface area contributed by atoms with Crippen LogP contribution in [0.1, 0.15) is 13.8 Å². The molecular weight excluding hydrogens is 282 g/mol. The molecule has 2 aromatic rings. The minimum Gasteiger partial charge on any atom is -0.354 e. The summed E-state index contributed by atoms with van der Waals surface area (Å²) in [7, 11) is 0. The molecule has 2 aromatic heterocycles. The lowest BCUT2D eigenvalue weighted by atomic mass is 10.2. The molecule has 2 rings (SSSR count). The quantitative estimate of drug-likeness (QED) is 0.847. The molecule has 7 heteroatoms. The Balaban J connectivity index is 2.28. The highest BCUT2D eigenvalue weighted by atomic mass is 32.1. The van der Waals surface area contributed by atoms with Gasteiger partial charge in [0.15, 0.2) is 4.77 Å². The van der Waals surface area contributed by atoms with Gasteiger partial charge in [-0.2, -0.15) is 0 Å². The zero-order chi connectivity index (χ0) is 14.0. The molecule has 19 heavy (non-hydrogen) atoms. The van der Waals surface area contributed by atoms with Gasteiger partial charge in [0, 0.05) is 6.54 Å². The molecule has 0 saturated carbocycles. The van der Waals surface area contributed by atoms with Crippen molar-refractivity contribution in [2.75, 3.05) is 6.54 Å². The van der Waals surface area contributed by atoms with Crippen LogP contribution in [-0.2, 0) is 11.3 Å². The molecule has 102 valence electrons. The highest BCUT2D eigenvalue weighted by Gasteiger charge is 2.10. The van der Waals surface area contributed by atoms with Crippen LogP contribution in [0, 0.1) is 10.7 Å². The van der Waals surface area contributed by atoms with Crippen molar-refractivity contribution in [3.05, 3.63) is 26.6 Å². The van der Waals surface area contributed by atoms with Gasteiger partial charge in [-0.25, -0.2) is 0 Å². The third kappa shape index (κ3) is 3.10. The number of hydrogen-bond acceptors (Lipinski definition) is 4. The van der Waals surface area contributed by atoms with Gasteiger partial charge in [0.2, 0.25) is 5.91 Å². The third-order valence-corrected chi connectivity index (χ3v) is 3.83. The molecule has 5 nitrogen and oxygen atoms in total. The number of aromatic nitrogens is 2. The maximum absolute atomic E-state index is 12.2.